The number of carbonyl (C=O) groups excluding carboxylic acids is 2. The number of hydrogen-bond donors (Lipinski definition) is 3. The van der Waals surface area contributed by atoms with Crippen LogP contribution in [-0.2, 0) is 11.3 Å². The van der Waals surface area contributed by atoms with Crippen LogP contribution >= 0.6 is 0 Å². The number of benzene rings is 2. The van der Waals surface area contributed by atoms with Gasteiger partial charge in [0.25, 0.3) is 5.91 Å². The molecule has 8 nitrogen and oxygen atoms in total. The molecule has 3 rings (SSSR count). The van der Waals surface area contributed by atoms with Gasteiger partial charge in [-0.25, -0.2) is 4.39 Å². The van der Waals surface area contributed by atoms with Gasteiger partial charge in [0.05, 0.1) is 5.56 Å². The van der Waals surface area contributed by atoms with Crippen molar-refractivity contribution < 1.29 is 14.0 Å². The van der Waals surface area contributed by atoms with E-state index in [2.05, 4.69) is 31.3 Å². The first kappa shape index (κ1) is 18.2. The van der Waals surface area contributed by atoms with Crippen LogP contribution in [0.3, 0.4) is 0 Å². The SMILES string of the molecule is O=C(CCNC(=O)c1ccccc1F)NCc1cccc(-c2nn[nH]n2)c1. The Morgan fingerprint density at radius 3 is 2.70 bits per heavy atom. The van der Waals surface area contributed by atoms with E-state index in [1.165, 1.54) is 18.2 Å². The zero-order chi connectivity index (χ0) is 19.1. The third-order valence-electron chi connectivity index (χ3n) is 3.78. The van der Waals surface area contributed by atoms with Crippen LogP contribution in [-0.4, -0.2) is 39.0 Å². The number of tetrazole rings is 1. The summed E-state index contributed by atoms with van der Waals surface area (Å²) >= 11 is 0. The number of hydrogen-bond acceptors (Lipinski definition) is 5. The lowest BCUT2D eigenvalue weighted by Crippen LogP contribution is -2.30. The number of rotatable bonds is 7. The van der Waals surface area contributed by atoms with Crippen molar-refractivity contribution in [1.82, 2.24) is 31.3 Å². The highest BCUT2D eigenvalue weighted by Gasteiger charge is 2.11. The zero-order valence-electron chi connectivity index (χ0n) is 14.3. The molecule has 1 heterocycles. The Labute approximate surface area is 154 Å². The summed E-state index contributed by atoms with van der Waals surface area (Å²) in [4.78, 5) is 23.8. The fraction of sp³-hybridized carbons (Fsp3) is 0.167. The molecule has 2 amide bonds. The summed E-state index contributed by atoms with van der Waals surface area (Å²) in [5, 5.41) is 19.0. The van der Waals surface area contributed by atoms with E-state index in [1.807, 2.05) is 24.3 Å². The summed E-state index contributed by atoms with van der Waals surface area (Å²) in [6.07, 6.45) is 0.0880. The first-order valence-electron chi connectivity index (χ1n) is 8.25. The minimum absolute atomic E-state index is 0.0452. The fourth-order valence-electron chi connectivity index (χ4n) is 2.42. The van der Waals surface area contributed by atoms with E-state index in [0.717, 1.165) is 11.1 Å². The average molecular weight is 368 g/mol. The molecule has 1 aromatic heterocycles. The second-order valence-corrected chi connectivity index (χ2v) is 5.70. The Bertz CT molecular complexity index is 929. The molecule has 0 fully saturated rings. The Hall–Kier alpha value is -3.62. The zero-order valence-corrected chi connectivity index (χ0v) is 14.3. The van der Waals surface area contributed by atoms with E-state index in [-0.39, 0.29) is 24.4 Å². The van der Waals surface area contributed by atoms with Gasteiger partial charge in [-0.1, -0.05) is 30.3 Å². The van der Waals surface area contributed by atoms with Gasteiger partial charge in [0.1, 0.15) is 5.82 Å². The van der Waals surface area contributed by atoms with Gasteiger partial charge >= 0.3 is 0 Å². The van der Waals surface area contributed by atoms with E-state index in [0.29, 0.717) is 12.4 Å². The Balaban J connectivity index is 1.44. The van der Waals surface area contributed by atoms with E-state index >= 15 is 0 Å². The lowest BCUT2D eigenvalue weighted by Gasteiger charge is -2.08. The molecule has 27 heavy (non-hydrogen) atoms. The molecule has 3 N–H and O–H groups in total. The first-order valence-corrected chi connectivity index (χ1v) is 8.25. The third kappa shape index (κ3) is 4.94. The molecule has 0 bridgehead atoms. The minimum atomic E-state index is -0.596. The number of aromatic nitrogens is 4. The Morgan fingerprint density at radius 2 is 1.93 bits per heavy atom. The Kier molecular flexibility index (Phi) is 5.83. The molecule has 0 spiro atoms. The number of nitrogens with zero attached hydrogens (tertiary/aromatic N) is 3. The smallest absolute Gasteiger partial charge is 0.254 e. The second-order valence-electron chi connectivity index (χ2n) is 5.70. The quantitative estimate of drug-likeness (QED) is 0.584. The lowest BCUT2D eigenvalue weighted by molar-refractivity contribution is -0.121. The van der Waals surface area contributed by atoms with Crippen LogP contribution in [0.1, 0.15) is 22.3 Å². The molecule has 0 unspecified atom stereocenters. The predicted octanol–water partition coefficient (Wildman–Crippen LogP) is 1.44. The fourth-order valence-corrected chi connectivity index (χ4v) is 2.42. The Morgan fingerprint density at radius 1 is 1.07 bits per heavy atom. The van der Waals surface area contributed by atoms with Crippen molar-refractivity contribution in [3.8, 4) is 11.4 Å². The largest absolute Gasteiger partial charge is 0.352 e. The molecule has 0 atom stereocenters. The van der Waals surface area contributed by atoms with Crippen LogP contribution in [0.2, 0.25) is 0 Å². The number of nitrogens with one attached hydrogen (secondary N) is 3. The molecule has 3 aromatic rings. The van der Waals surface area contributed by atoms with Gasteiger partial charge in [-0.15, -0.1) is 10.2 Å². The van der Waals surface area contributed by atoms with Gasteiger partial charge in [0.2, 0.25) is 11.7 Å². The topological polar surface area (TPSA) is 113 Å². The van der Waals surface area contributed by atoms with E-state index < -0.39 is 11.7 Å². The summed E-state index contributed by atoms with van der Waals surface area (Å²) in [7, 11) is 0. The summed E-state index contributed by atoms with van der Waals surface area (Å²) in [5.41, 5.74) is 1.62. The van der Waals surface area contributed by atoms with Gasteiger partial charge in [-0.2, -0.15) is 5.21 Å². The monoisotopic (exact) mass is 368 g/mol. The van der Waals surface area contributed by atoms with Gasteiger partial charge in [0, 0.05) is 25.1 Å². The molecular formula is C18H17FN6O2. The molecule has 0 aliphatic heterocycles. The molecule has 138 valence electrons. The molecule has 2 aromatic carbocycles. The second kappa shape index (κ2) is 8.65. The van der Waals surface area contributed by atoms with Crippen molar-refractivity contribution in [3.05, 3.63) is 65.5 Å². The molecule has 0 aliphatic rings. The predicted molar refractivity (Wildman–Crippen MR) is 94.8 cm³/mol. The van der Waals surface area contributed by atoms with E-state index in [4.69, 9.17) is 0 Å². The van der Waals surface area contributed by atoms with E-state index in [1.54, 1.807) is 6.07 Å². The summed E-state index contributed by atoms with van der Waals surface area (Å²) in [6, 6.07) is 13.1. The van der Waals surface area contributed by atoms with Crippen molar-refractivity contribution in [3.63, 3.8) is 0 Å². The summed E-state index contributed by atoms with van der Waals surface area (Å²) in [5.74, 6) is -0.900. The highest BCUT2D eigenvalue weighted by Crippen LogP contribution is 2.14. The lowest BCUT2D eigenvalue weighted by atomic mass is 10.1. The molecular weight excluding hydrogens is 351 g/mol. The van der Waals surface area contributed by atoms with Crippen LogP contribution in [0.4, 0.5) is 4.39 Å². The van der Waals surface area contributed by atoms with Crippen LogP contribution in [0.15, 0.2) is 48.5 Å². The molecule has 0 saturated carbocycles. The van der Waals surface area contributed by atoms with Crippen LogP contribution < -0.4 is 10.6 Å². The summed E-state index contributed by atoms with van der Waals surface area (Å²) < 4.78 is 13.5. The van der Waals surface area contributed by atoms with Crippen molar-refractivity contribution in [2.24, 2.45) is 0 Å². The van der Waals surface area contributed by atoms with Crippen molar-refractivity contribution >= 4 is 11.8 Å². The van der Waals surface area contributed by atoms with Crippen molar-refractivity contribution in [2.45, 2.75) is 13.0 Å². The number of amides is 2. The standard InChI is InChI=1S/C18H17FN6O2/c19-15-7-2-1-6-14(15)18(27)20-9-8-16(26)21-11-12-4-3-5-13(10-12)17-22-24-25-23-17/h1-7,10H,8-9,11H2,(H,20,27)(H,21,26)(H,22,23,24,25). The van der Waals surface area contributed by atoms with Crippen LogP contribution in [0.5, 0.6) is 0 Å². The minimum Gasteiger partial charge on any atom is -0.352 e. The third-order valence-corrected chi connectivity index (χ3v) is 3.78. The number of H-pyrrole nitrogens is 1. The van der Waals surface area contributed by atoms with E-state index in [9.17, 15) is 14.0 Å². The molecule has 0 aliphatic carbocycles. The van der Waals surface area contributed by atoms with Crippen LogP contribution in [0, 0.1) is 5.82 Å². The molecule has 0 saturated heterocycles. The van der Waals surface area contributed by atoms with Gasteiger partial charge in [0.15, 0.2) is 0 Å². The highest BCUT2D eigenvalue weighted by molar-refractivity contribution is 5.94. The van der Waals surface area contributed by atoms with Crippen molar-refractivity contribution in [2.75, 3.05) is 6.54 Å². The van der Waals surface area contributed by atoms with Gasteiger partial charge in [-0.3, -0.25) is 9.59 Å². The van der Waals surface area contributed by atoms with Gasteiger partial charge < -0.3 is 10.6 Å². The number of halogens is 1. The number of carbonyl (C=O) groups is 2. The van der Waals surface area contributed by atoms with Crippen molar-refractivity contribution in [1.29, 1.82) is 0 Å². The maximum atomic E-state index is 13.5. The maximum absolute atomic E-state index is 13.5. The maximum Gasteiger partial charge on any atom is 0.254 e. The van der Waals surface area contributed by atoms with Gasteiger partial charge in [-0.05, 0) is 29.0 Å². The molecule has 9 heteroatoms. The first-order chi connectivity index (χ1) is 13.1. The highest BCUT2D eigenvalue weighted by atomic mass is 19.1. The molecule has 0 radical (unpaired) electrons. The average Bonchev–Trinajstić information content (AvgIpc) is 3.22. The normalized spacial score (nSPS) is 10.4. The number of aromatic amines is 1. The van der Waals surface area contributed by atoms with Crippen LogP contribution in [0.25, 0.3) is 11.4 Å². The summed E-state index contributed by atoms with van der Waals surface area (Å²) in [6.45, 7) is 0.438.